The lowest BCUT2D eigenvalue weighted by Crippen LogP contribution is -2.60. The highest BCUT2D eigenvalue weighted by Crippen LogP contribution is 2.68. The molecule has 0 aromatic heterocycles. The minimum atomic E-state index is -0.231. The van der Waals surface area contributed by atoms with E-state index in [0.29, 0.717) is 23.7 Å². The average Bonchev–Trinajstić information content (AvgIpc) is 3.11. The van der Waals surface area contributed by atoms with Gasteiger partial charge in [0.15, 0.2) is 0 Å². The fraction of sp³-hybridized carbons (Fsp3) is 0.889. The molecule has 0 spiro atoms. The number of fused-ring (bicyclic) bond motifs is 5. The Morgan fingerprint density at radius 1 is 0.879 bits per heavy atom. The molecule has 0 heterocycles. The zero-order chi connectivity index (χ0) is 24.1. The maximum atomic E-state index is 12.5. The summed E-state index contributed by atoms with van der Waals surface area (Å²) in [4.78, 5) is 36.3. The highest BCUT2D eigenvalue weighted by Gasteiger charge is 2.65. The average molecular weight is 463 g/mol. The van der Waals surface area contributed by atoms with Crippen LogP contribution in [0.4, 0.5) is 0 Å². The lowest BCUT2D eigenvalue weighted by atomic mass is 9.43. The first-order valence-electron chi connectivity index (χ1n) is 12.9. The predicted molar refractivity (Wildman–Crippen MR) is 123 cm³/mol. The monoisotopic (exact) mass is 462 g/mol. The second kappa shape index (κ2) is 8.88. The van der Waals surface area contributed by atoms with Gasteiger partial charge in [-0.05, 0) is 86.4 Å². The summed E-state index contributed by atoms with van der Waals surface area (Å²) in [5.41, 5.74) is -0.0378. The summed E-state index contributed by atoms with van der Waals surface area (Å²) < 4.78 is 16.8. The number of carbonyl (C=O) groups is 3. The highest BCUT2D eigenvalue weighted by atomic mass is 16.5. The molecular weight excluding hydrogens is 420 g/mol. The number of hydrogen-bond donors (Lipinski definition) is 0. The van der Waals surface area contributed by atoms with Gasteiger partial charge < -0.3 is 14.2 Å². The Bertz CT molecular complexity index is 793. The van der Waals surface area contributed by atoms with Gasteiger partial charge in [0.1, 0.15) is 12.2 Å². The smallest absolute Gasteiger partial charge is 0.308 e. The van der Waals surface area contributed by atoms with E-state index >= 15 is 0 Å². The molecular formula is C27H42O6. The van der Waals surface area contributed by atoms with Crippen LogP contribution in [0.15, 0.2) is 0 Å². The Morgan fingerprint density at radius 3 is 2.21 bits per heavy atom. The van der Waals surface area contributed by atoms with Crippen molar-refractivity contribution in [2.45, 2.75) is 98.2 Å². The molecule has 0 aromatic rings. The van der Waals surface area contributed by atoms with E-state index in [4.69, 9.17) is 14.2 Å². The molecule has 4 saturated carbocycles. The third-order valence-corrected chi connectivity index (χ3v) is 10.6. The Hall–Kier alpha value is -1.59. The number of carbonyl (C=O) groups excluding carboxylic acids is 3. The van der Waals surface area contributed by atoms with Gasteiger partial charge in [-0.3, -0.25) is 14.4 Å². The van der Waals surface area contributed by atoms with Crippen LogP contribution in [-0.2, 0) is 28.6 Å². The van der Waals surface area contributed by atoms with Crippen molar-refractivity contribution < 1.29 is 28.6 Å². The van der Waals surface area contributed by atoms with E-state index in [0.717, 1.165) is 44.9 Å². The van der Waals surface area contributed by atoms with Gasteiger partial charge in [-0.25, -0.2) is 0 Å². The van der Waals surface area contributed by atoms with E-state index in [1.807, 2.05) is 6.92 Å². The van der Waals surface area contributed by atoms with Crippen LogP contribution in [0.3, 0.4) is 0 Å². The fourth-order valence-corrected chi connectivity index (χ4v) is 9.08. The van der Waals surface area contributed by atoms with Crippen molar-refractivity contribution in [2.75, 3.05) is 7.11 Å². The van der Waals surface area contributed by atoms with Gasteiger partial charge in [0, 0.05) is 19.3 Å². The van der Waals surface area contributed by atoms with Gasteiger partial charge in [-0.2, -0.15) is 0 Å². The third-order valence-electron chi connectivity index (χ3n) is 10.6. The van der Waals surface area contributed by atoms with E-state index in [2.05, 4.69) is 13.8 Å². The third kappa shape index (κ3) is 3.99. The SMILES string of the molecule is COC(=O)[C@H](C)[C@@H]1CC[C@@H]2[C@@H]3CC[C@@H]4C[C@H](OC(C)=O)CC[C@]4(C)[C@@H]3C[C@@H](OC(C)=O)[C@@]21C. The summed E-state index contributed by atoms with van der Waals surface area (Å²) in [5, 5.41) is 0. The van der Waals surface area contributed by atoms with Crippen LogP contribution >= 0.6 is 0 Å². The first-order chi connectivity index (χ1) is 15.5. The minimum Gasteiger partial charge on any atom is -0.469 e. The van der Waals surface area contributed by atoms with Crippen molar-refractivity contribution in [3.63, 3.8) is 0 Å². The zero-order valence-electron chi connectivity index (χ0n) is 21.2. The molecule has 186 valence electrons. The van der Waals surface area contributed by atoms with Crippen molar-refractivity contribution in [1.82, 2.24) is 0 Å². The van der Waals surface area contributed by atoms with Crippen molar-refractivity contribution in [3.8, 4) is 0 Å². The molecule has 0 unspecified atom stereocenters. The molecule has 4 fully saturated rings. The van der Waals surface area contributed by atoms with Crippen LogP contribution in [0.2, 0.25) is 0 Å². The van der Waals surface area contributed by atoms with E-state index < -0.39 is 0 Å². The molecule has 0 aromatic carbocycles. The van der Waals surface area contributed by atoms with Gasteiger partial charge in [-0.1, -0.05) is 20.8 Å². The molecule has 6 heteroatoms. The maximum absolute atomic E-state index is 12.5. The second-order valence-electron chi connectivity index (χ2n) is 11.9. The number of ether oxygens (including phenoxy) is 3. The number of esters is 3. The Kier molecular flexibility index (Phi) is 6.60. The predicted octanol–water partition coefficient (Wildman–Crippen LogP) is 4.93. The highest BCUT2D eigenvalue weighted by molar-refractivity contribution is 5.72. The lowest BCUT2D eigenvalue weighted by Gasteiger charge is -2.62. The van der Waals surface area contributed by atoms with Crippen LogP contribution in [0.1, 0.15) is 86.0 Å². The van der Waals surface area contributed by atoms with Gasteiger partial charge in [0.2, 0.25) is 0 Å². The number of methoxy groups -OCH3 is 1. The molecule has 0 amide bonds. The molecule has 0 N–H and O–H groups in total. The minimum absolute atomic E-state index is 0.0343. The summed E-state index contributed by atoms with van der Waals surface area (Å²) in [6.07, 6.45) is 8.03. The van der Waals surface area contributed by atoms with Crippen molar-refractivity contribution in [2.24, 2.45) is 46.3 Å². The van der Waals surface area contributed by atoms with Crippen molar-refractivity contribution >= 4 is 17.9 Å². The zero-order valence-corrected chi connectivity index (χ0v) is 21.2. The van der Waals surface area contributed by atoms with Crippen molar-refractivity contribution in [3.05, 3.63) is 0 Å². The van der Waals surface area contributed by atoms with Crippen molar-refractivity contribution in [1.29, 1.82) is 0 Å². The summed E-state index contributed by atoms with van der Waals surface area (Å²) in [5.74, 6) is 1.43. The number of rotatable bonds is 4. The fourth-order valence-electron chi connectivity index (χ4n) is 9.08. The summed E-state index contributed by atoms with van der Waals surface area (Å²) in [6, 6.07) is 0. The van der Waals surface area contributed by atoms with E-state index in [-0.39, 0.29) is 52.8 Å². The molecule has 6 nitrogen and oxygen atoms in total. The Balaban J connectivity index is 1.64. The largest absolute Gasteiger partial charge is 0.469 e. The molecule has 0 bridgehead atoms. The lowest BCUT2D eigenvalue weighted by molar-refractivity contribution is -0.198. The molecule has 33 heavy (non-hydrogen) atoms. The Labute approximate surface area is 198 Å². The number of hydrogen-bond acceptors (Lipinski definition) is 6. The van der Waals surface area contributed by atoms with Gasteiger partial charge in [0.05, 0.1) is 13.0 Å². The molecule has 4 aliphatic carbocycles. The van der Waals surface area contributed by atoms with Crippen LogP contribution in [0.25, 0.3) is 0 Å². The summed E-state index contributed by atoms with van der Waals surface area (Å²) in [6.45, 7) is 9.71. The van der Waals surface area contributed by atoms with Crippen LogP contribution < -0.4 is 0 Å². The molecule has 4 rings (SSSR count). The molecule has 0 aliphatic heterocycles. The molecule has 0 saturated heterocycles. The van der Waals surface area contributed by atoms with Crippen LogP contribution in [0, 0.1) is 46.3 Å². The Morgan fingerprint density at radius 2 is 1.58 bits per heavy atom. The standard InChI is InChI=1S/C27H42O6/c1-15(25(30)31-6)21-9-10-22-20-8-7-18-13-19(32-16(2)28)11-12-26(18,4)23(20)14-24(27(21,22)5)33-17(3)29/h15,18-24H,7-14H2,1-6H3/t15-,18-,19-,20+,21+,22-,23-,24-,26+,27-/m1/s1. The van der Waals surface area contributed by atoms with E-state index in [1.54, 1.807) is 0 Å². The van der Waals surface area contributed by atoms with Gasteiger partial charge in [-0.15, -0.1) is 0 Å². The summed E-state index contributed by atoms with van der Waals surface area (Å²) >= 11 is 0. The molecule has 0 radical (unpaired) electrons. The topological polar surface area (TPSA) is 78.9 Å². The normalized spacial score (nSPS) is 45.1. The molecule has 10 atom stereocenters. The first-order valence-corrected chi connectivity index (χ1v) is 12.9. The molecule has 4 aliphatic rings. The van der Waals surface area contributed by atoms with Crippen LogP contribution in [0.5, 0.6) is 0 Å². The summed E-state index contributed by atoms with van der Waals surface area (Å²) in [7, 11) is 1.46. The maximum Gasteiger partial charge on any atom is 0.308 e. The van der Waals surface area contributed by atoms with Crippen LogP contribution in [-0.4, -0.2) is 37.2 Å². The van der Waals surface area contributed by atoms with E-state index in [1.165, 1.54) is 27.4 Å². The quantitative estimate of drug-likeness (QED) is 0.435. The van der Waals surface area contributed by atoms with E-state index in [9.17, 15) is 14.4 Å². The van der Waals surface area contributed by atoms with Gasteiger partial charge >= 0.3 is 17.9 Å². The first kappa shape index (κ1) is 24.5. The second-order valence-corrected chi connectivity index (χ2v) is 11.9. The van der Waals surface area contributed by atoms with Gasteiger partial charge in [0.25, 0.3) is 0 Å².